The van der Waals surface area contributed by atoms with Gasteiger partial charge in [0.2, 0.25) is 5.91 Å². The highest BCUT2D eigenvalue weighted by Gasteiger charge is 2.11. The molecule has 0 aliphatic carbocycles. The molecule has 0 atom stereocenters. The lowest BCUT2D eigenvalue weighted by molar-refractivity contribution is -0.117. The van der Waals surface area contributed by atoms with Crippen LogP contribution < -0.4 is 11.5 Å². The highest BCUT2D eigenvalue weighted by molar-refractivity contribution is 5.78. The molecule has 0 spiro atoms. The predicted octanol–water partition coefficient (Wildman–Crippen LogP) is 4.22. The fourth-order valence-corrected chi connectivity index (χ4v) is 3.51. The molecule has 0 aliphatic heterocycles. The molecule has 4 heteroatoms. The third-order valence-electron chi connectivity index (χ3n) is 4.92. The minimum atomic E-state index is -0.291. The lowest BCUT2D eigenvalue weighted by Crippen LogP contribution is -2.11. The van der Waals surface area contributed by atoms with Gasteiger partial charge in [-0.05, 0) is 46.7 Å². The summed E-state index contributed by atoms with van der Waals surface area (Å²) in [6, 6.07) is 23.1. The number of benzene rings is 3. The number of hydrogen-bond acceptors (Lipinski definition) is 3. The number of nitrogens with two attached hydrogens (primary N) is 2. The van der Waals surface area contributed by atoms with Crippen LogP contribution in [0.2, 0.25) is 0 Å². The molecule has 0 unspecified atom stereocenters. The highest BCUT2D eigenvalue weighted by Crippen LogP contribution is 2.32. The van der Waals surface area contributed by atoms with Crippen molar-refractivity contribution in [3.8, 4) is 22.3 Å². The molecule has 4 nitrogen and oxygen atoms in total. The summed E-state index contributed by atoms with van der Waals surface area (Å²) in [5.41, 5.74) is 18.9. The second-order valence-corrected chi connectivity index (χ2v) is 7.21. The predicted molar refractivity (Wildman–Crippen MR) is 118 cm³/mol. The maximum Gasteiger partial charge on any atom is 0.217 e. The van der Waals surface area contributed by atoms with E-state index in [-0.39, 0.29) is 5.91 Å². The highest BCUT2D eigenvalue weighted by atomic mass is 16.5. The van der Waals surface area contributed by atoms with Crippen molar-refractivity contribution >= 4 is 5.91 Å². The first-order valence-electron chi connectivity index (χ1n) is 9.93. The van der Waals surface area contributed by atoms with E-state index >= 15 is 0 Å². The van der Waals surface area contributed by atoms with Crippen LogP contribution in [0.25, 0.3) is 22.3 Å². The van der Waals surface area contributed by atoms with Crippen molar-refractivity contribution in [3.63, 3.8) is 0 Å². The molecule has 0 aliphatic rings. The zero-order chi connectivity index (χ0) is 20.6. The van der Waals surface area contributed by atoms with Crippen LogP contribution in [0.3, 0.4) is 0 Å². The summed E-state index contributed by atoms with van der Waals surface area (Å²) in [5.74, 6) is -0.291. The second kappa shape index (κ2) is 10.0. The molecule has 0 fully saturated rings. The number of carbonyl (C=O) groups is 1. The van der Waals surface area contributed by atoms with Crippen molar-refractivity contribution in [1.82, 2.24) is 0 Å². The Hall–Kier alpha value is -2.95. The van der Waals surface area contributed by atoms with Gasteiger partial charge in [0.25, 0.3) is 0 Å². The molecule has 3 aromatic rings. The van der Waals surface area contributed by atoms with Crippen LogP contribution in [0, 0.1) is 6.92 Å². The van der Waals surface area contributed by atoms with E-state index in [0.29, 0.717) is 32.6 Å². The molecule has 3 aromatic carbocycles. The van der Waals surface area contributed by atoms with E-state index in [2.05, 4.69) is 61.5 Å². The molecular formula is C25H28N2O2. The average molecular weight is 389 g/mol. The minimum absolute atomic E-state index is 0.291. The van der Waals surface area contributed by atoms with Gasteiger partial charge in [-0.25, -0.2) is 0 Å². The summed E-state index contributed by atoms with van der Waals surface area (Å²) in [7, 11) is 0. The Morgan fingerprint density at radius 2 is 1.66 bits per heavy atom. The SMILES string of the molecule is Cc1cccc(-c2ccc(-c3ccccc3COCCN)cc2CCC(N)=O)c1. The number of ether oxygens (including phenoxy) is 1. The normalized spacial score (nSPS) is 10.8. The number of primary amides is 1. The topological polar surface area (TPSA) is 78.3 Å². The fraction of sp³-hybridized carbons (Fsp3) is 0.240. The Morgan fingerprint density at radius 1 is 0.897 bits per heavy atom. The van der Waals surface area contributed by atoms with Gasteiger partial charge < -0.3 is 16.2 Å². The van der Waals surface area contributed by atoms with Gasteiger partial charge in [0.1, 0.15) is 0 Å². The molecule has 29 heavy (non-hydrogen) atoms. The zero-order valence-electron chi connectivity index (χ0n) is 16.9. The fourth-order valence-electron chi connectivity index (χ4n) is 3.51. The van der Waals surface area contributed by atoms with Crippen molar-refractivity contribution in [2.24, 2.45) is 11.5 Å². The monoisotopic (exact) mass is 388 g/mol. The van der Waals surface area contributed by atoms with Crippen LogP contribution in [-0.4, -0.2) is 19.1 Å². The molecule has 3 rings (SSSR count). The van der Waals surface area contributed by atoms with Crippen LogP contribution in [-0.2, 0) is 22.6 Å². The molecular weight excluding hydrogens is 360 g/mol. The third-order valence-corrected chi connectivity index (χ3v) is 4.92. The average Bonchev–Trinajstić information content (AvgIpc) is 2.72. The largest absolute Gasteiger partial charge is 0.375 e. The molecule has 0 bridgehead atoms. The number of amides is 1. The smallest absolute Gasteiger partial charge is 0.217 e. The van der Waals surface area contributed by atoms with Crippen molar-refractivity contribution in [2.75, 3.05) is 13.2 Å². The van der Waals surface area contributed by atoms with E-state index in [0.717, 1.165) is 33.4 Å². The second-order valence-electron chi connectivity index (χ2n) is 7.21. The van der Waals surface area contributed by atoms with E-state index in [4.69, 9.17) is 16.2 Å². The van der Waals surface area contributed by atoms with Crippen molar-refractivity contribution in [2.45, 2.75) is 26.4 Å². The van der Waals surface area contributed by atoms with Crippen LogP contribution >= 0.6 is 0 Å². The first-order valence-corrected chi connectivity index (χ1v) is 9.93. The van der Waals surface area contributed by atoms with Gasteiger partial charge in [-0.3, -0.25) is 4.79 Å². The van der Waals surface area contributed by atoms with Crippen LogP contribution in [0.5, 0.6) is 0 Å². The minimum Gasteiger partial charge on any atom is -0.375 e. The number of rotatable bonds is 9. The maximum absolute atomic E-state index is 11.4. The first kappa shape index (κ1) is 20.8. The van der Waals surface area contributed by atoms with E-state index in [1.54, 1.807) is 0 Å². The zero-order valence-corrected chi connectivity index (χ0v) is 16.9. The van der Waals surface area contributed by atoms with Gasteiger partial charge in [0.15, 0.2) is 0 Å². The van der Waals surface area contributed by atoms with Gasteiger partial charge in [-0.15, -0.1) is 0 Å². The summed E-state index contributed by atoms with van der Waals surface area (Å²) in [6.45, 7) is 3.64. The molecule has 150 valence electrons. The number of aryl methyl sites for hydroxylation is 2. The van der Waals surface area contributed by atoms with E-state index in [1.807, 2.05) is 12.1 Å². The van der Waals surface area contributed by atoms with E-state index < -0.39 is 0 Å². The quantitative estimate of drug-likeness (QED) is 0.539. The van der Waals surface area contributed by atoms with Crippen LogP contribution in [0.1, 0.15) is 23.1 Å². The van der Waals surface area contributed by atoms with Crippen molar-refractivity contribution < 1.29 is 9.53 Å². The standard InChI is InChI=1S/C25H28N2O2/c1-18-5-4-7-19(15-18)24-11-9-20(16-21(24)10-12-25(27)28)23-8-3-2-6-22(23)17-29-14-13-26/h2-9,11,15-16H,10,12-14,17,26H2,1H3,(H2,27,28). The van der Waals surface area contributed by atoms with Gasteiger partial charge in [-0.1, -0.05) is 72.3 Å². The molecule has 0 heterocycles. The summed E-state index contributed by atoms with van der Waals surface area (Å²) in [6.07, 6.45) is 0.932. The Bertz CT molecular complexity index is 982. The molecule has 0 radical (unpaired) electrons. The van der Waals surface area contributed by atoms with Gasteiger partial charge in [0, 0.05) is 13.0 Å². The molecule has 1 amide bonds. The van der Waals surface area contributed by atoms with E-state index in [1.165, 1.54) is 5.56 Å². The van der Waals surface area contributed by atoms with Crippen LogP contribution in [0.4, 0.5) is 0 Å². The number of carbonyl (C=O) groups excluding carboxylic acids is 1. The lowest BCUT2D eigenvalue weighted by atomic mass is 9.91. The summed E-state index contributed by atoms with van der Waals surface area (Å²) in [4.78, 5) is 11.4. The van der Waals surface area contributed by atoms with Gasteiger partial charge >= 0.3 is 0 Å². The Morgan fingerprint density at radius 3 is 2.41 bits per heavy atom. The summed E-state index contributed by atoms with van der Waals surface area (Å²) >= 11 is 0. The van der Waals surface area contributed by atoms with Gasteiger partial charge in [0.05, 0.1) is 13.2 Å². The molecule has 4 N–H and O–H groups in total. The molecule has 0 saturated heterocycles. The van der Waals surface area contributed by atoms with Crippen molar-refractivity contribution in [3.05, 3.63) is 83.4 Å². The van der Waals surface area contributed by atoms with Crippen molar-refractivity contribution in [1.29, 1.82) is 0 Å². The van der Waals surface area contributed by atoms with Gasteiger partial charge in [-0.2, -0.15) is 0 Å². The summed E-state index contributed by atoms with van der Waals surface area (Å²) in [5, 5.41) is 0. The maximum atomic E-state index is 11.4. The third kappa shape index (κ3) is 5.53. The van der Waals surface area contributed by atoms with Crippen LogP contribution in [0.15, 0.2) is 66.7 Å². The first-order chi connectivity index (χ1) is 14.1. The molecule has 0 saturated carbocycles. The number of hydrogen-bond donors (Lipinski definition) is 2. The van der Waals surface area contributed by atoms with E-state index in [9.17, 15) is 4.79 Å². The molecule has 0 aromatic heterocycles. The Kier molecular flexibility index (Phi) is 7.17. The summed E-state index contributed by atoms with van der Waals surface area (Å²) < 4.78 is 5.66. The Labute approximate surface area is 172 Å². The lowest BCUT2D eigenvalue weighted by Gasteiger charge is -2.15. The Balaban J connectivity index is 2.01.